The van der Waals surface area contributed by atoms with Crippen molar-refractivity contribution in [1.82, 2.24) is 9.62 Å². The summed E-state index contributed by atoms with van der Waals surface area (Å²) in [6, 6.07) is 8.43. The highest BCUT2D eigenvalue weighted by atomic mass is 32.2. The van der Waals surface area contributed by atoms with Crippen molar-refractivity contribution >= 4 is 24.2 Å². The number of carbonyl (C=O) groups is 1. The minimum absolute atomic E-state index is 0.0738. The summed E-state index contributed by atoms with van der Waals surface area (Å²) in [5.41, 5.74) is 0. The van der Waals surface area contributed by atoms with E-state index in [0.29, 0.717) is 5.82 Å². The predicted octanol–water partition coefficient (Wildman–Crippen LogP) is -0.137. The lowest BCUT2D eigenvalue weighted by Gasteiger charge is -2.35. The van der Waals surface area contributed by atoms with E-state index < -0.39 is 10.0 Å². The maximum Gasteiger partial charge on any atom is 0.244 e. The summed E-state index contributed by atoms with van der Waals surface area (Å²) in [5.74, 6) is 0.321. The van der Waals surface area contributed by atoms with Crippen molar-refractivity contribution in [3.63, 3.8) is 0 Å². The molecule has 0 amide bonds. The second kappa shape index (κ2) is 5.55. The standard InChI is InChI=1S/C14H19BN2O3S/c15-11-6-13-10(9-18)8-17(14(13)16-7-11)21(19,20)12-4-2-1-3-5-12/h1-5,9-11,13-14,16H,6-8,15H2. The van der Waals surface area contributed by atoms with Gasteiger partial charge in [-0.1, -0.05) is 30.4 Å². The molecule has 112 valence electrons. The summed E-state index contributed by atoms with van der Waals surface area (Å²) in [5, 5.41) is 3.31. The highest BCUT2D eigenvalue weighted by molar-refractivity contribution is 7.89. The van der Waals surface area contributed by atoms with E-state index in [1.165, 1.54) is 4.31 Å². The van der Waals surface area contributed by atoms with Crippen LogP contribution < -0.4 is 5.32 Å². The van der Waals surface area contributed by atoms with Gasteiger partial charge >= 0.3 is 0 Å². The van der Waals surface area contributed by atoms with Gasteiger partial charge in [-0.2, -0.15) is 4.31 Å². The molecule has 2 heterocycles. The van der Waals surface area contributed by atoms with Crippen LogP contribution >= 0.6 is 0 Å². The first-order valence-corrected chi connectivity index (χ1v) is 8.73. The number of fused-ring (bicyclic) bond motifs is 1. The molecule has 2 saturated heterocycles. The smallest absolute Gasteiger partial charge is 0.244 e. The van der Waals surface area contributed by atoms with Gasteiger partial charge in [0.1, 0.15) is 14.1 Å². The molecule has 4 unspecified atom stereocenters. The molecule has 0 aliphatic carbocycles. The maximum atomic E-state index is 12.8. The molecule has 0 aromatic heterocycles. The number of aldehydes is 1. The molecule has 4 atom stereocenters. The van der Waals surface area contributed by atoms with Gasteiger partial charge in [0, 0.05) is 12.5 Å². The number of nitrogens with zero attached hydrogens (tertiary/aromatic N) is 1. The summed E-state index contributed by atoms with van der Waals surface area (Å²) < 4.78 is 27.1. The van der Waals surface area contributed by atoms with E-state index >= 15 is 0 Å². The van der Waals surface area contributed by atoms with E-state index in [2.05, 4.69) is 13.2 Å². The molecule has 21 heavy (non-hydrogen) atoms. The summed E-state index contributed by atoms with van der Waals surface area (Å²) in [6.07, 6.45) is 1.54. The molecular weight excluding hydrogens is 287 g/mol. The fourth-order valence-corrected chi connectivity index (χ4v) is 5.12. The van der Waals surface area contributed by atoms with E-state index in [1.54, 1.807) is 30.3 Å². The summed E-state index contributed by atoms with van der Waals surface area (Å²) in [6.45, 7) is 1.06. The Morgan fingerprint density at radius 3 is 2.67 bits per heavy atom. The summed E-state index contributed by atoms with van der Waals surface area (Å²) in [4.78, 5) is 11.6. The average molecular weight is 306 g/mol. The second-order valence-electron chi connectivity index (χ2n) is 6.05. The van der Waals surface area contributed by atoms with Crippen molar-refractivity contribution in [2.45, 2.75) is 23.3 Å². The molecule has 0 bridgehead atoms. The zero-order valence-electron chi connectivity index (χ0n) is 12.0. The molecule has 1 aromatic carbocycles. The number of piperidine rings is 1. The van der Waals surface area contributed by atoms with Crippen LogP contribution in [0.5, 0.6) is 0 Å². The Bertz CT molecular complexity index is 622. The highest BCUT2D eigenvalue weighted by Crippen LogP contribution is 2.39. The molecule has 0 spiro atoms. The molecule has 0 saturated carbocycles. The zero-order valence-corrected chi connectivity index (χ0v) is 12.8. The Morgan fingerprint density at radius 2 is 2.00 bits per heavy atom. The Hall–Kier alpha value is -1.18. The molecule has 1 N–H and O–H groups in total. The van der Waals surface area contributed by atoms with E-state index in [-0.39, 0.29) is 29.4 Å². The third-order valence-electron chi connectivity index (χ3n) is 4.53. The van der Waals surface area contributed by atoms with Crippen LogP contribution in [0.4, 0.5) is 0 Å². The Kier molecular flexibility index (Phi) is 3.90. The zero-order chi connectivity index (χ0) is 15.0. The van der Waals surface area contributed by atoms with Crippen molar-refractivity contribution in [3.05, 3.63) is 30.3 Å². The first kappa shape index (κ1) is 14.7. The number of carbonyl (C=O) groups excluding carboxylic acids is 1. The molecule has 2 fully saturated rings. The molecule has 3 rings (SSSR count). The second-order valence-corrected chi connectivity index (χ2v) is 7.94. The van der Waals surface area contributed by atoms with E-state index in [0.717, 1.165) is 19.3 Å². The van der Waals surface area contributed by atoms with E-state index in [1.807, 2.05) is 0 Å². The molecule has 2 aliphatic rings. The Balaban J connectivity index is 1.94. The lowest BCUT2D eigenvalue weighted by Crippen LogP contribution is -2.51. The minimum Gasteiger partial charge on any atom is -0.303 e. The van der Waals surface area contributed by atoms with Crippen molar-refractivity contribution in [2.75, 3.05) is 13.1 Å². The molecule has 5 nitrogen and oxygen atoms in total. The minimum atomic E-state index is -3.56. The van der Waals surface area contributed by atoms with Crippen LogP contribution in [0.25, 0.3) is 0 Å². The van der Waals surface area contributed by atoms with Gasteiger partial charge in [-0.05, 0) is 24.6 Å². The van der Waals surface area contributed by atoms with E-state index in [4.69, 9.17) is 0 Å². The molecule has 7 heteroatoms. The largest absolute Gasteiger partial charge is 0.303 e. The van der Waals surface area contributed by atoms with Crippen LogP contribution in [0.3, 0.4) is 0 Å². The monoisotopic (exact) mass is 306 g/mol. The fraction of sp³-hybridized carbons (Fsp3) is 0.500. The Morgan fingerprint density at radius 1 is 1.29 bits per heavy atom. The lowest BCUT2D eigenvalue weighted by molar-refractivity contribution is -0.111. The van der Waals surface area contributed by atoms with Crippen molar-refractivity contribution in [1.29, 1.82) is 0 Å². The first-order chi connectivity index (χ1) is 10.0. The topological polar surface area (TPSA) is 66.5 Å². The van der Waals surface area contributed by atoms with Gasteiger partial charge in [-0.25, -0.2) is 8.42 Å². The van der Waals surface area contributed by atoms with Gasteiger partial charge in [0.05, 0.1) is 11.1 Å². The molecule has 1 aromatic rings. The normalized spacial score (nSPS) is 33.5. The van der Waals surface area contributed by atoms with Crippen LogP contribution in [0.2, 0.25) is 5.82 Å². The van der Waals surface area contributed by atoms with Crippen LogP contribution in [0.15, 0.2) is 35.2 Å². The third-order valence-corrected chi connectivity index (χ3v) is 6.39. The highest BCUT2D eigenvalue weighted by Gasteiger charge is 2.48. The fourth-order valence-electron chi connectivity index (χ4n) is 3.45. The Labute approximate surface area is 126 Å². The number of hydrogen-bond acceptors (Lipinski definition) is 4. The SMILES string of the molecule is BC1CNC2C(C1)C(C=O)CN2S(=O)(=O)c1ccccc1. The van der Waals surface area contributed by atoms with Gasteiger partial charge in [0.2, 0.25) is 10.0 Å². The summed E-state index contributed by atoms with van der Waals surface area (Å²) >= 11 is 0. The van der Waals surface area contributed by atoms with Crippen LogP contribution in [0, 0.1) is 11.8 Å². The number of nitrogens with one attached hydrogen (secondary N) is 1. The van der Waals surface area contributed by atoms with Crippen molar-refractivity contribution in [3.8, 4) is 0 Å². The maximum absolute atomic E-state index is 12.8. The van der Waals surface area contributed by atoms with Crippen molar-refractivity contribution < 1.29 is 13.2 Å². The predicted molar refractivity (Wildman–Crippen MR) is 82.1 cm³/mol. The number of rotatable bonds is 3. The van der Waals surface area contributed by atoms with Crippen LogP contribution in [0.1, 0.15) is 6.42 Å². The lowest BCUT2D eigenvalue weighted by atomic mass is 9.74. The summed E-state index contributed by atoms with van der Waals surface area (Å²) in [7, 11) is -1.43. The third kappa shape index (κ3) is 2.54. The van der Waals surface area contributed by atoms with Gasteiger partial charge < -0.3 is 10.1 Å². The van der Waals surface area contributed by atoms with Crippen LogP contribution in [-0.4, -0.2) is 46.1 Å². The van der Waals surface area contributed by atoms with Gasteiger partial charge in [-0.15, -0.1) is 0 Å². The molecule has 2 aliphatic heterocycles. The quantitative estimate of drug-likeness (QED) is 0.624. The first-order valence-electron chi connectivity index (χ1n) is 7.29. The number of sulfonamides is 1. The van der Waals surface area contributed by atoms with Gasteiger partial charge in [-0.3, -0.25) is 0 Å². The number of hydrogen-bond donors (Lipinski definition) is 1. The van der Waals surface area contributed by atoms with Gasteiger partial charge in [0.15, 0.2) is 0 Å². The van der Waals surface area contributed by atoms with Gasteiger partial charge in [0.25, 0.3) is 0 Å². The average Bonchev–Trinajstić information content (AvgIpc) is 2.86. The number of benzene rings is 1. The molecular formula is C14H19BN2O3S. The van der Waals surface area contributed by atoms with E-state index in [9.17, 15) is 13.2 Å². The molecule has 0 radical (unpaired) electrons. The van der Waals surface area contributed by atoms with Crippen LogP contribution in [-0.2, 0) is 14.8 Å². The van der Waals surface area contributed by atoms with Crippen molar-refractivity contribution in [2.24, 2.45) is 11.8 Å².